The normalized spacial score (nSPS) is 13.3. The van der Waals surface area contributed by atoms with Crippen molar-refractivity contribution >= 4 is 0 Å². The average Bonchev–Trinajstić information content (AvgIpc) is 2.63. The Balaban J connectivity index is 2.50. The first-order valence-corrected chi connectivity index (χ1v) is 6.07. The molecule has 0 aromatic carbocycles. The fourth-order valence-electron chi connectivity index (χ4n) is 1.99. The van der Waals surface area contributed by atoms with Gasteiger partial charge in [-0.2, -0.15) is 0 Å². The van der Waals surface area contributed by atoms with E-state index in [9.17, 15) is 0 Å². The smallest absolute Gasteiger partial charge is 0.118 e. The highest BCUT2D eigenvalue weighted by molar-refractivity contribution is 5.05. The van der Waals surface area contributed by atoms with Crippen LogP contribution in [-0.4, -0.2) is 31.6 Å². The Kier molecular flexibility index (Phi) is 5.56. The van der Waals surface area contributed by atoms with Gasteiger partial charge in [0.15, 0.2) is 0 Å². The SMILES string of the molecule is CCCC(CNC)N(C)Cc1ccc(C)o1. The van der Waals surface area contributed by atoms with Crippen LogP contribution in [0, 0.1) is 6.92 Å². The van der Waals surface area contributed by atoms with Gasteiger partial charge >= 0.3 is 0 Å². The molecule has 16 heavy (non-hydrogen) atoms. The van der Waals surface area contributed by atoms with Gasteiger partial charge in [-0.25, -0.2) is 0 Å². The van der Waals surface area contributed by atoms with Crippen LogP contribution < -0.4 is 5.32 Å². The Morgan fingerprint density at radius 1 is 1.44 bits per heavy atom. The number of furan rings is 1. The van der Waals surface area contributed by atoms with Gasteiger partial charge in [0.05, 0.1) is 6.54 Å². The van der Waals surface area contributed by atoms with E-state index in [1.54, 1.807) is 0 Å². The Morgan fingerprint density at radius 2 is 2.19 bits per heavy atom. The minimum atomic E-state index is 0.584. The zero-order valence-electron chi connectivity index (χ0n) is 10.9. The summed E-state index contributed by atoms with van der Waals surface area (Å²) in [6.07, 6.45) is 2.44. The molecule has 0 bridgehead atoms. The van der Waals surface area contributed by atoms with E-state index in [0.717, 1.165) is 24.6 Å². The van der Waals surface area contributed by atoms with E-state index in [4.69, 9.17) is 4.42 Å². The van der Waals surface area contributed by atoms with Gasteiger partial charge in [0.25, 0.3) is 0 Å². The zero-order chi connectivity index (χ0) is 12.0. The van der Waals surface area contributed by atoms with Crippen molar-refractivity contribution in [2.24, 2.45) is 0 Å². The summed E-state index contributed by atoms with van der Waals surface area (Å²) in [5.74, 6) is 2.04. The molecule has 0 aliphatic rings. The third-order valence-electron chi connectivity index (χ3n) is 2.89. The summed E-state index contributed by atoms with van der Waals surface area (Å²) in [4.78, 5) is 2.36. The van der Waals surface area contributed by atoms with E-state index in [1.807, 2.05) is 20.0 Å². The molecule has 0 saturated carbocycles. The van der Waals surface area contributed by atoms with Crippen molar-refractivity contribution in [2.45, 2.75) is 39.3 Å². The van der Waals surface area contributed by atoms with Gasteiger partial charge in [-0.1, -0.05) is 13.3 Å². The fourth-order valence-corrected chi connectivity index (χ4v) is 1.99. The van der Waals surface area contributed by atoms with Crippen molar-refractivity contribution < 1.29 is 4.42 Å². The van der Waals surface area contributed by atoms with Gasteiger partial charge in [0.2, 0.25) is 0 Å². The van der Waals surface area contributed by atoms with Gasteiger partial charge in [-0.15, -0.1) is 0 Å². The third-order valence-corrected chi connectivity index (χ3v) is 2.89. The highest BCUT2D eigenvalue weighted by atomic mass is 16.3. The van der Waals surface area contributed by atoms with E-state index in [-0.39, 0.29) is 0 Å². The standard InChI is InChI=1S/C13H24N2O/c1-5-6-12(9-14-3)15(4)10-13-8-7-11(2)16-13/h7-8,12,14H,5-6,9-10H2,1-4H3. The number of rotatable bonds is 7. The van der Waals surface area contributed by atoms with Crippen LogP contribution in [0.3, 0.4) is 0 Å². The number of aryl methyl sites for hydroxylation is 1. The van der Waals surface area contributed by atoms with Crippen LogP contribution in [0.25, 0.3) is 0 Å². The zero-order valence-corrected chi connectivity index (χ0v) is 10.9. The van der Waals surface area contributed by atoms with Crippen molar-refractivity contribution in [3.8, 4) is 0 Å². The molecule has 0 fully saturated rings. The lowest BCUT2D eigenvalue weighted by molar-refractivity contribution is 0.201. The molecule has 3 heteroatoms. The molecule has 1 aromatic rings. The molecule has 1 rings (SSSR count). The second kappa shape index (κ2) is 6.71. The van der Waals surface area contributed by atoms with Crippen LogP contribution >= 0.6 is 0 Å². The van der Waals surface area contributed by atoms with E-state index in [2.05, 4.69) is 30.3 Å². The Morgan fingerprint density at radius 3 is 2.69 bits per heavy atom. The predicted molar refractivity (Wildman–Crippen MR) is 67.5 cm³/mol. The number of nitrogens with zero attached hydrogens (tertiary/aromatic N) is 1. The second-order valence-corrected chi connectivity index (χ2v) is 4.43. The molecule has 0 spiro atoms. The van der Waals surface area contributed by atoms with Gasteiger partial charge in [0, 0.05) is 12.6 Å². The first-order valence-electron chi connectivity index (χ1n) is 6.07. The summed E-state index contributed by atoms with van der Waals surface area (Å²) in [5, 5.41) is 3.25. The summed E-state index contributed by atoms with van der Waals surface area (Å²) in [5.41, 5.74) is 0. The monoisotopic (exact) mass is 224 g/mol. The van der Waals surface area contributed by atoms with Crippen molar-refractivity contribution in [3.63, 3.8) is 0 Å². The minimum absolute atomic E-state index is 0.584. The molecule has 0 aliphatic heterocycles. The van der Waals surface area contributed by atoms with Crippen molar-refractivity contribution in [1.29, 1.82) is 0 Å². The summed E-state index contributed by atoms with van der Waals surface area (Å²) in [6, 6.07) is 4.67. The highest BCUT2D eigenvalue weighted by Crippen LogP contribution is 2.12. The fraction of sp³-hybridized carbons (Fsp3) is 0.692. The molecule has 0 aliphatic carbocycles. The molecular weight excluding hydrogens is 200 g/mol. The van der Waals surface area contributed by atoms with E-state index in [0.29, 0.717) is 6.04 Å². The van der Waals surface area contributed by atoms with E-state index < -0.39 is 0 Å². The Bertz CT molecular complexity index is 290. The van der Waals surface area contributed by atoms with Crippen molar-refractivity contribution in [2.75, 3.05) is 20.6 Å². The summed E-state index contributed by atoms with van der Waals surface area (Å²) in [7, 11) is 4.17. The molecular formula is C13H24N2O. The number of hydrogen-bond acceptors (Lipinski definition) is 3. The maximum absolute atomic E-state index is 5.60. The second-order valence-electron chi connectivity index (χ2n) is 4.43. The number of nitrogens with one attached hydrogen (secondary N) is 1. The maximum Gasteiger partial charge on any atom is 0.118 e. The average molecular weight is 224 g/mol. The molecule has 1 heterocycles. The lowest BCUT2D eigenvalue weighted by atomic mass is 10.1. The van der Waals surface area contributed by atoms with Gasteiger partial charge in [-0.3, -0.25) is 4.90 Å². The molecule has 1 unspecified atom stereocenters. The predicted octanol–water partition coefficient (Wildman–Crippen LogP) is 2.41. The summed E-state index contributed by atoms with van der Waals surface area (Å²) >= 11 is 0. The molecule has 1 atom stereocenters. The lowest BCUT2D eigenvalue weighted by Gasteiger charge is -2.26. The quantitative estimate of drug-likeness (QED) is 0.771. The first kappa shape index (κ1) is 13.3. The van der Waals surface area contributed by atoms with Gasteiger partial charge in [-0.05, 0) is 39.6 Å². The topological polar surface area (TPSA) is 28.4 Å². The molecule has 0 radical (unpaired) electrons. The molecule has 3 nitrogen and oxygen atoms in total. The van der Waals surface area contributed by atoms with E-state index >= 15 is 0 Å². The maximum atomic E-state index is 5.60. The van der Waals surface area contributed by atoms with Crippen LogP contribution in [0.15, 0.2) is 16.5 Å². The van der Waals surface area contributed by atoms with Crippen molar-refractivity contribution in [3.05, 3.63) is 23.7 Å². The summed E-state index contributed by atoms with van der Waals surface area (Å²) < 4.78 is 5.60. The third kappa shape index (κ3) is 3.99. The molecule has 92 valence electrons. The number of likely N-dealkylation sites (N-methyl/N-ethyl adjacent to an activating group) is 2. The molecule has 0 amide bonds. The molecule has 1 aromatic heterocycles. The summed E-state index contributed by atoms with van der Waals surface area (Å²) in [6.45, 7) is 6.14. The lowest BCUT2D eigenvalue weighted by Crippen LogP contribution is -2.38. The Hall–Kier alpha value is -0.800. The van der Waals surface area contributed by atoms with Crippen LogP contribution in [-0.2, 0) is 6.54 Å². The van der Waals surface area contributed by atoms with Crippen LogP contribution in [0.1, 0.15) is 31.3 Å². The van der Waals surface area contributed by atoms with Crippen molar-refractivity contribution in [1.82, 2.24) is 10.2 Å². The van der Waals surface area contributed by atoms with Gasteiger partial charge < -0.3 is 9.73 Å². The van der Waals surface area contributed by atoms with Crippen LogP contribution in [0.2, 0.25) is 0 Å². The van der Waals surface area contributed by atoms with E-state index in [1.165, 1.54) is 12.8 Å². The van der Waals surface area contributed by atoms with Crippen LogP contribution in [0.5, 0.6) is 0 Å². The minimum Gasteiger partial charge on any atom is -0.465 e. The highest BCUT2D eigenvalue weighted by Gasteiger charge is 2.14. The van der Waals surface area contributed by atoms with Crippen LogP contribution in [0.4, 0.5) is 0 Å². The first-order chi connectivity index (χ1) is 7.67. The molecule has 1 N–H and O–H groups in total. The Labute approximate surface area is 98.8 Å². The molecule has 0 saturated heterocycles. The van der Waals surface area contributed by atoms with Gasteiger partial charge in [0.1, 0.15) is 11.5 Å². The number of hydrogen-bond donors (Lipinski definition) is 1. The largest absolute Gasteiger partial charge is 0.465 e.